The summed E-state index contributed by atoms with van der Waals surface area (Å²) in [5.41, 5.74) is 1.56. The molecule has 1 amide bonds. The Morgan fingerprint density at radius 3 is 2.83 bits per heavy atom. The Balaban J connectivity index is 1.45. The van der Waals surface area contributed by atoms with E-state index in [4.69, 9.17) is 4.52 Å². The lowest BCUT2D eigenvalue weighted by atomic mass is 9.88. The van der Waals surface area contributed by atoms with Crippen molar-refractivity contribution < 1.29 is 9.32 Å². The zero-order valence-corrected chi connectivity index (χ0v) is 13.9. The van der Waals surface area contributed by atoms with Crippen LogP contribution >= 0.6 is 0 Å². The van der Waals surface area contributed by atoms with Gasteiger partial charge < -0.3 is 14.3 Å². The van der Waals surface area contributed by atoms with E-state index in [0.717, 1.165) is 49.5 Å². The zero-order chi connectivity index (χ0) is 16.5. The Morgan fingerprint density at radius 1 is 1.25 bits per heavy atom. The van der Waals surface area contributed by atoms with E-state index in [1.54, 1.807) is 6.20 Å². The minimum atomic E-state index is 0.00905. The second-order valence-corrected chi connectivity index (χ2v) is 6.75. The van der Waals surface area contributed by atoms with Gasteiger partial charge in [0.25, 0.3) is 5.91 Å². The number of carbonyl (C=O) groups excluding carboxylic acids is 1. The summed E-state index contributed by atoms with van der Waals surface area (Å²) in [6.07, 6.45) is 4.70. The number of piperazine rings is 1. The fourth-order valence-electron chi connectivity index (χ4n) is 3.58. The van der Waals surface area contributed by atoms with Crippen molar-refractivity contribution in [3.63, 3.8) is 0 Å². The van der Waals surface area contributed by atoms with Crippen LogP contribution in [-0.2, 0) is 12.8 Å². The normalized spacial score (nSPS) is 20.8. The summed E-state index contributed by atoms with van der Waals surface area (Å²) in [6, 6.07) is 5.91. The average molecular weight is 326 g/mol. The van der Waals surface area contributed by atoms with Gasteiger partial charge in [0.15, 0.2) is 5.69 Å². The largest absolute Gasteiger partial charge is 0.360 e. The molecule has 0 N–H and O–H groups in total. The fraction of sp³-hybridized carbons (Fsp3) is 0.500. The second-order valence-electron chi connectivity index (χ2n) is 6.75. The van der Waals surface area contributed by atoms with Gasteiger partial charge in [0.2, 0.25) is 0 Å². The van der Waals surface area contributed by atoms with Crippen molar-refractivity contribution >= 4 is 11.7 Å². The standard InChI is InChI=1S/C18H22N4O2/c1-13-5-6-15-14(12-13)17(20-24-15)18(23)22-10-8-21(9-11-22)16-4-2-3-7-19-16/h2-4,7,13H,5-6,8-12H2,1H3. The number of aryl methyl sites for hydroxylation is 1. The van der Waals surface area contributed by atoms with E-state index in [0.29, 0.717) is 24.7 Å². The van der Waals surface area contributed by atoms with Gasteiger partial charge in [0.1, 0.15) is 11.6 Å². The maximum Gasteiger partial charge on any atom is 0.276 e. The number of hydrogen-bond acceptors (Lipinski definition) is 5. The average Bonchev–Trinajstić information content (AvgIpc) is 3.05. The summed E-state index contributed by atoms with van der Waals surface area (Å²) in [5.74, 6) is 2.47. The molecule has 4 rings (SSSR count). The molecule has 0 radical (unpaired) electrons. The van der Waals surface area contributed by atoms with E-state index >= 15 is 0 Å². The summed E-state index contributed by atoms with van der Waals surface area (Å²) < 4.78 is 5.42. The van der Waals surface area contributed by atoms with Gasteiger partial charge in [-0.1, -0.05) is 18.1 Å². The van der Waals surface area contributed by atoms with E-state index in [-0.39, 0.29) is 5.91 Å². The second kappa shape index (κ2) is 6.26. The van der Waals surface area contributed by atoms with E-state index in [1.807, 2.05) is 23.1 Å². The predicted molar refractivity (Wildman–Crippen MR) is 90.0 cm³/mol. The summed E-state index contributed by atoms with van der Waals surface area (Å²) in [6.45, 7) is 5.17. The monoisotopic (exact) mass is 326 g/mol. The number of anilines is 1. The van der Waals surface area contributed by atoms with Crippen molar-refractivity contribution in [2.75, 3.05) is 31.1 Å². The minimum absolute atomic E-state index is 0.00905. The molecule has 6 heteroatoms. The molecule has 1 aliphatic heterocycles. The Morgan fingerprint density at radius 2 is 2.08 bits per heavy atom. The lowest BCUT2D eigenvalue weighted by Crippen LogP contribution is -2.49. The van der Waals surface area contributed by atoms with Crippen molar-refractivity contribution in [1.29, 1.82) is 0 Å². The lowest BCUT2D eigenvalue weighted by Gasteiger charge is -2.35. The van der Waals surface area contributed by atoms with Crippen LogP contribution in [0.25, 0.3) is 0 Å². The third kappa shape index (κ3) is 2.77. The first kappa shape index (κ1) is 15.2. The first-order valence-electron chi connectivity index (χ1n) is 8.65. The molecule has 1 fully saturated rings. The summed E-state index contributed by atoms with van der Waals surface area (Å²) in [5, 5.41) is 4.09. The molecule has 0 saturated carbocycles. The molecule has 0 bridgehead atoms. The summed E-state index contributed by atoms with van der Waals surface area (Å²) in [7, 11) is 0. The molecule has 1 aliphatic carbocycles. The van der Waals surface area contributed by atoms with Crippen molar-refractivity contribution in [2.24, 2.45) is 5.92 Å². The summed E-state index contributed by atoms with van der Waals surface area (Å²) >= 11 is 0. The number of amides is 1. The number of carbonyl (C=O) groups is 1. The highest BCUT2D eigenvalue weighted by molar-refractivity contribution is 5.94. The van der Waals surface area contributed by atoms with Crippen LogP contribution in [0.3, 0.4) is 0 Å². The van der Waals surface area contributed by atoms with Gasteiger partial charge in [-0.2, -0.15) is 0 Å². The highest BCUT2D eigenvalue weighted by atomic mass is 16.5. The molecule has 1 unspecified atom stereocenters. The Labute approximate surface area is 141 Å². The number of rotatable bonds is 2. The van der Waals surface area contributed by atoms with E-state index in [2.05, 4.69) is 22.0 Å². The maximum absolute atomic E-state index is 12.9. The van der Waals surface area contributed by atoms with Crippen LogP contribution in [0.2, 0.25) is 0 Å². The molecule has 2 aromatic heterocycles. The van der Waals surface area contributed by atoms with Crippen LogP contribution in [0.1, 0.15) is 35.2 Å². The molecule has 1 atom stereocenters. The Hall–Kier alpha value is -2.37. The number of nitrogens with zero attached hydrogens (tertiary/aromatic N) is 4. The highest BCUT2D eigenvalue weighted by Crippen LogP contribution is 2.28. The van der Waals surface area contributed by atoms with Gasteiger partial charge >= 0.3 is 0 Å². The minimum Gasteiger partial charge on any atom is -0.360 e. The first-order chi connectivity index (χ1) is 11.7. The molecular weight excluding hydrogens is 304 g/mol. The van der Waals surface area contributed by atoms with E-state index in [1.165, 1.54) is 0 Å². The molecule has 24 heavy (non-hydrogen) atoms. The van der Waals surface area contributed by atoms with Crippen LogP contribution in [0.15, 0.2) is 28.9 Å². The zero-order valence-electron chi connectivity index (χ0n) is 13.9. The molecule has 6 nitrogen and oxygen atoms in total. The molecule has 2 aromatic rings. The van der Waals surface area contributed by atoms with Crippen molar-refractivity contribution in [2.45, 2.75) is 26.2 Å². The molecule has 3 heterocycles. The topological polar surface area (TPSA) is 62.5 Å². The van der Waals surface area contributed by atoms with Crippen molar-refractivity contribution in [3.8, 4) is 0 Å². The van der Waals surface area contributed by atoms with Gasteiger partial charge in [-0.25, -0.2) is 4.98 Å². The lowest BCUT2D eigenvalue weighted by molar-refractivity contribution is 0.0735. The predicted octanol–water partition coefficient (Wildman–Crippen LogP) is 2.16. The van der Waals surface area contributed by atoms with Gasteiger partial charge in [-0.3, -0.25) is 4.79 Å². The highest BCUT2D eigenvalue weighted by Gasteiger charge is 2.31. The van der Waals surface area contributed by atoms with Crippen molar-refractivity contribution in [3.05, 3.63) is 41.4 Å². The van der Waals surface area contributed by atoms with Gasteiger partial charge in [-0.05, 0) is 30.9 Å². The quantitative estimate of drug-likeness (QED) is 0.846. The van der Waals surface area contributed by atoms with Gasteiger partial charge in [0, 0.05) is 44.4 Å². The molecule has 1 saturated heterocycles. The number of pyridine rings is 1. The van der Waals surface area contributed by atoms with Crippen molar-refractivity contribution in [1.82, 2.24) is 15.0 Å². The van der Waals surface area contributed by atoms with Crippen LogP contribution in [0.4, 0.5) is 5.82 Å². The number of hydrogen-bond donors (Lipinski definition) is 0. The smallest absolute Gasteiger partial charge is 0.276 e. The van der Waals surface area contributed by atoms with E-state index in [9.17, 15) is 4.79 Å². The Bertz CT molecular complexity index is 720. The first-order valence-corrected chi connectivity index (χ1v) is 8.65. The molecule has 0 spiro atoms. The molecule has 2 aliphatic rings. The molecule has 0 aromatic carbocycles. The van der Waals surface area contributed by atoms with Crippen LogP contribution in [0.5, 0.6) is 0 Å². The molecular formula is C18H22N4O2. The maximum atomic E-state index is 12.9. The van der Waals surface area contributed by atoms with Crippen LogP contribution in [0, 0.1) is 5.92 Å². The Kier molecular flexibility index (Phi) is 3.96. The number of fused-ring (bicyclic) bond motifs is 1. The van der Waals surface area contributed by atoms with E-state index < -0.39 is 0 Å². The number of aromatic nitrogens is 2. The van der Waals surface area contributed by atoms with Gasteiger partial charge in [0.05, 0.1) is 0 Å². The van der Waals surface area contributed by atoms with Crippen LogP contribution in [-0.4, -0.2) is 47.1 Å². The molecule has 126 valence electrons. The van der Waals surface area contributed by atoms with Gasteiger partial charge in [-0.15, -0.1) is 0 Å². The van der Waals surface area contributed by atoms with Crippen LogP contribution < -0.4 is 4.90 Å². The third-order valence-corrected chi connectivity index (χ3v) is 5.03. The fourth-order valence-corrected chi connectivity index (χ4v) is 3.58. The third-order valence-electron chi connectivity index (χ3n) is 5.03. The summed E-state index contributed by atoms with van der Waals surface area (Å²) in [4.78, 5) is 21.3. The SMILES string of the molecule is CC1CCc2onc(C(=O)N3CCN(c4ccccn4)CC3)c2C1.